The fraction of sp³-hybridized carbons (Fsp3) is 0.529. The molecule has 0 aromatic heterocycles. The van der Waals surface area contributed by atoms with Crippen LogP contribution in [-0.4, -0.2) is 25.3 Å². The van der Waals surface area contributed by atoms with Crippen molar-refractivity contribution in [3.8, 4) is 11.5 Å². The van der Waals surface area contributed by atoms with Gasteiger partial charge in [0.25, 0.3) is 5.54 Å². The van der Waals surface area contributed by atoms with E-state index < -0.39 is 16.9 Å². The van der Waals surface area contributed by atoms with Crippen LogP contribution >= 0.6 is 0 Å². The highest BCUT2D eigenvalue weighted by atomic mass is 16.5. The second-order valence-corrected chi connectivity index (χ2v) is 6.08. The van der Waals surface area contributed by atoms with Crippen molar-refractivity contribution in [2.75, 3.05) is 14.2 Å². The van der Waals surface area contributed by atoms with Crippen LogP contribution in [0, 0.1) is 12.0 Å². The number of hydrogen-bond acceptors (Lipinski definition) is 3. The number of ether oxygens (including phenoxy) is 2. The number of carboxylic acid groups (broad SMARTS) is 1. The summed E-state index contributed by atoms with van der Waals surface area (Å²) in [6, 6.07) is 5.51. The second kappa shape index (κ2) is 5.88. The van der Waals surface area contributed by atoms with Gasteiger partial charge in [-0.2, -0.15) is 0 Å². The van der Waals surface area contributed by atoms with Crippen LogP contribution in [0.25, 0.3) is 4.85 Å². The molecule has 0 radical (unpaired) electrons. The summed E-state index contributed by atoms with van der Waals surface area (Å²) < 4.78 is 10.5. The number of aliphatic carboxylic acids is 1. The average molecular weight is 303 g/mol. The van der Waals surface area contributed by atoms with Crippen molar-refractivity contribution in [1.29, 1.82) is 0 Å². The molecule has 0 heterocycles. The van der Waals surface area contributed by atoms with Crippen molar-refractivity contribution in [3.63, 3.8) is 0 Å². The third kappa shape index (κ3) is 2.61. The smallest absolute Gasteiger partial charge is 0.309 e. The van der Waals surface area contributed by atoms with Crippen LogP contribution in [0.4, 0.5) is 0 Å². The lowest BCUT2D eigenvalue weighted by atomic mass is 9.66. The van der Waals surface area contributed by atoms with Gasteiger partial charge in [-0.1, -0.05) is 0 Å². The van der Waals surface area contributed by atoms with E-state index in [2.05, 4.69) is 4.85 Å². The van der Waals surface area contributed by atoms with Gasteiger partial charge >= 0.3 is 5.97 Å². The van der Waals surface area contributed by atoms with Crippen LogP contribution in [0.3, 0.4) is 0 Å². The van der Waals surface area contributed by atoms with Crippen molar-refractivity contribution < 1.29 is 19.4 Å². The van der Waals surface area contributed by atoms with Gasteiger partial charge in [0, 0.05) is 18.4 Å². The predicted molar refractivity (Wildman–Crippen MR) is 82.0 cm³/mol. The number of carbonyl (C=O) groups is 1. The summed E-state index contributed by atoms with van der Waals surface area (Å²) in [6.07, 6.45) is 2.07. The van der Waals surface area contributed by atoms with Crippen LogP contribution in [0.2, 0.25) is 0 Å². The minimum atomic E-state index is -0.779. The van der Waals surface area contributed by atoms with E-state index in [1.54, 1.807) is 27.2 Å². The molecule has 0 unspecified atom stereocenters. The van der Waals surface area contributed by atoms with Gasteiger partial charge in [-0.05, 0) is 38.0 Å². The maximum atomic E-state index is 11.4. The fourth-order valence-corrected chi connectivity index (χ4v) is 3.02. The van der Waals surface area contributed by atoms with Crippen LogP contribution in [0.5, 0.6) is 11.5 Å². The van der Waals surface area contributed by atoms with Crippen molar-refractivity contribution in [1.82, 2.24) is 0 Å². The molecule has 0 spiro atoms. The summed E-state index contributed by atoms with van der Waals surface area (Å²) in [4.78, 5) is 15.2. The first-order valence-corrected chi connectivity index (χ1v) is 7.25. The van der Waals surface area contributed by atoms with Gasteiger partial charge in [0.05, 0.1) is 19.6 Å². The number of methoxy groups -OCH3 is 2. The minimum absolute atomic E-state index is 0.499. The Morgan fingerprint density at radius 1 is 1.18 bits per heavy atom. The van der Waals surface area contributed by atoms with Gasteiger partial charge in [-0.25, -0.2) is 6.57 Å². The maximum Gasteiger partial charge on any atom is 0.309 e. The number of benzene rings is 1. The zero-order chi connectivity index (χ0) is 16.4. The van der Waals surface area contributed by atoms with Gasteiger partial charge in [0.1, 0.15) is 0 Å². The Hall–Kier alpha value is -2.22. The molecule has 5 heteroatoms. The summed E-state index contributed by atoms with van der Waals surface area (Å²) >= 11 is 0. The highest BCUT2D eigenvalue weighted by molar-refractivity contribution is 5.74. The van der Waals surface area contributed by atoms with Gasteiger partial charge in [-0.15, -0.1) is 0 Å². The molecule has 5 nitrogen and oxygen atoms in total. The average Bonchev–Trinajstić information content (AvgIpc) is 2.55. The molecular weight excluding hydrogens is 282 g/mol. The second-order valence-electron chi connectivity index (χ2n) is 6.08. The summed E-state index contributed by atoms with van der Waals surface area (Å²) in [5.74, 6) is 0.436. The Morgan fingerprint density at radius 3 is 2.23 bits per heavy atom. The first kappa shape index (κ1) is 16.2. The number of carboxylic acids is 1. The highest BCUT2D eigenvalue weighted by Gasteiger charge is 2.49. The van der Waals surface area contributed by atoms with E-state index in [0.717, 1.165) is 5.56 Å². The van der Waals surface area contributed by atoms with E-state index in [1.165, 1.54) is 0 Å². The molecule has 118 valence electrons. The standard InChI is InChI=1S/C17H21NO4/c1-16(15(19)20)7-9-17(18-2,10-8-16)12-5-6-13(21-3)14(11-12)22-4/h5-6,11H,7-10H2,1,3-4H3,(H,19,20). The fourth-order valence-electron chi connectivity index (χ4n) is 3.02. The van der Waals surface area contributed by atoms with Crippen molar-refractivity contribution in [2.24, 2.45) is 5.41 Å². The molecule has 1 saturated carbocycles. The molecule has 0 amide bonds. The van der Waals surface area contributed by atoms with E-state index in [4.69, 9.17) is 16.0 Å². The molecule has 1 fully saturated rings. The Bertz CT molecular complexity index is 610. The molecule has 0 saturated heterocycles. The van der Waals surface area contributed by atoms with Crippen molar-refractivity contribution in [3.05, 3.63) is 35.2 Å². The van der Waals surface area contributed by atoms with E-state index >= 15 is 0 Å². The van der Waals surface area contributed by atoms with Crippen molar-refractivity contribution >= 4 is 5.97 Å². The zero-order valence-corrected chi connectivity index (χ0v) is 13.2. The normalized spacial score (nSPS) is 27.7. The Kier molecular flexibility index (Phi) is 4.32. The molecular formula is C17H21NO4. The van der Waals surface area contributed by atoms with E-state index in [0.29, 0.717) is 37.2 Å². The van der Waals surface area contributed by atoms with Crippen LogP contribution in [0.1, 0.15) is 38.2 Å². The lowest BCUT2D eigenvalue weighted by Crippen LogP contribution is -2.38. The molecule has 0 bridgehead atoms. The number of hydrogen-bond donors (Lipinski definition) is 1. The predicted octanol–water partition coefficient (Wildman–Crippen LogP) is 3.48. The molecule has 1 aliphatic rings. The van der Waals surface area contributed by atoms with Gasteiger partial charge in [0.15, 0.2) is 11.5 Å². The van der Waals surface area contributed by atoms with E-state index in [9.17, 15) is 9.90 Å². The van der Waals surface area contributed by atoms with Crippen LogP contribution < -0.4 is 9.47 Å². The van der Waals surface area contributed by atoms with Gasteiger partial charge in [-0.3, -0.25) is 4.79 Å². The SMILES string of the molecule is [C-]#[N+]C1(c2ccc(OC)c(OC)c2)CCC(C)(C(=O)O)CC1. The third-order valence-corrected chi connectivity index (χ3v) is 4.83. The van der Waals surface area contributed by atoms with Crippen molar-refractivity contribution in [2.45, 2.75) is 38.1 Å². The number of rotatable bonds is 4. The summed E-state index contributed by atoms with van der Waals surface area (Å²) in [6.45, 7) is 9.41. The molecule has 1 aromatic rings. The lowest BCUT2D eigenvalue weighted by molar-refractivity contribution is -0.150. The number of nitrogens with zero attached hydrogens (tertiary/aromatic N) is 1. The molecule has 2 rings (SSSR count). The molecule has 1 aromatic carbocycles. The lowest BCUT2D eigenvalue weighted by Gasteiger charge is -2.36. The molecule has 1 N–H and O–H groups in total. The highest BCUT2D eigenvalue weighted by Crippen LogP contribution is 2.49. The molecule has 0 aliphatic heterocycles. The largest absolute Gasteiger partial charge is 0.493 e. The van der Waals surface area contributed by atoms with Crippen LogP contribution in [0.15, 0.2) is 18.2 Å². The molecule has 22 heavy (non-hydrogen) atoms. The van der Waals surface area contributed by atoms with Gasteiger partial charge < -0.3 is 19.4 Å². The monoisotopic (exact) mass is 303 g/mol. The first-order valence-electron chi connectivity index (χ1n) is 7.25. The summed E-state index contributed by atoms with van der Waals surface area (Å²) in [7, 11) is 3.13. The minimum Gasteiger partial charge on any atom is -0.493 e. The quantitative estimate of drug-likeness (QED) is 0.865. The summed E-state index contributed by atoms with van der Waals surface area (Å²) in [5, 5.41) is 9.35. The Balaban J connectivity index is 2.34. The zero-order valence-electron chi connectivity index (χ0n) is 13.2. The van der Waals surface area contributed by atoms with E-state index in [1.807, 2.05) is 12.1 Å². The molecule has 1 aliphatic carbocycles. The van der Waals surface area contributed by atoms with Gasteiger partial charge in [0.2, 0.25) is 0 Å². The van der Waals surface area contributed by atoms with E-state index in [-0.39, 0.29) is 0 Å². The Morgan fingerprint density at radius 2 is 1.77 bits per heavy atom. The summed E-state index contributed by atoms with van der Waals surface area (Å²) in [5.41, 5.74) is -0.535. The van der Waals surface area contributed by atoms with Crippen LogP contribution in [-0.2, 0) is 10.3 Å². The molecule has 0 atom stereocenters. The Labute approximate surface area is 130 Å². The third-order valence-electron chi connectivity index (χ3n) is 4.83. The first-order chi connectivity index (χ1) is 10.4. The topological polar surface area (TPSA) is 60.1 Å². The maximum absolute atomic E-state index is 11.4.